The van der Waals surface area contributed by atoms with Crippen molar-refractivity contribution >= 4 is 12.0 Å². The molecule has 1 N–H and O–H groups in total. The van der Waals surface area contributed by atoms with Gasteiger partial charge in [0.25, 0.3) is 0 Å². The van der Waals surface area contributed by atoms with Crippen molar-refractivity contribution in [2.75, 3.05) is 19.7 Å². The first-order valence-corrected chi connectivity index (χ1v) is 9.78. The maximum atomic E-state index is 12.8. The van der Waals surface area contributed by atoms with Crippen LogP contribution in [0.2, 0.25) is 0 Å². The number of benzene rings is 1. The normalized spacial score (nSPS) is 35.4. The molecule has 2 saturated heterocycles. The molecule has 29 heavy (non-hydrogen) atoms. The van der Waals surface area contributed by atoms with Crippen molar-refractivity contribution in [2.24, 2.45) is 11.8 Å². The molecule has 0 radical (unpaired) electrons. The Bertz CT molecular complexity index is 868. The molecular weight excluding hydrogens is 389 g/mol. The maximum Gasteiger partial charge on any atom is 0.573 e. The summed E-state index contributed by atoms with van der Waals surface area (Å²) in [6.07, 6.45) is -2.34. The number of rotatable bonds is 3. The summed E-state index contributed by atoms with van der Waals surface area (Å²) in [4.78, 5) is 26.0. The number of nitrogens with zero attached hydrogens (tertiary/aromatic N) is 1. The molecule has 1 spiro atoms. The maximum absolute atomic E-state index is 12.8. The molecular formula is C20H21F3N2O4. The van der Waals surface area contributed by atoms with Gasteiger partial charge in [0.15, 0.2) is 0 Å². The zero-order chi connectivity index (χ0) is 20.4. The Morgan fingerprint density at radius 3 is 2.72 bits per heavy atom. The van der Waals surface area contributed by atoms with Gasteiger partial charge in [-0.2, -0.15) is 0 Å². The molecule has 2 amide bonds. The molecule has 1 aromatic rings. The van der Waals surface area contributed by atoms with Gasteiger partial charge in [0.1, 0.15) is 12.4 Å². The van der Waals surface area contributed by atoms with Crippen LogP contribution in [0, 0.1) is 11.8 Å². The smallest absolute Gasteiger partial charge is 0.447 e. The van der Waals surface area contributed by atoms with Gasteiger partial charge in [0.2, 0.25) is 5.91 Å². The molecule has 0 aromatic heterocycles. The lowest BCUT2D eigenvalue weighted by Crippen LogP contribution is -2.58. The molecule has 5 rings (SSSR count). The van der Waals surface area contributed by atoms with Crippen molar-refractivity contribution in [1.29, 1.82) is 0 Å². The highest BCUT2D eigenvalue weighted by atomic mass is 19.4. The van der Waals surface area contributed by atoms with E-state index in [1.807, 2.05) is 11.0 Å². The molecule has 1 aromatic carbocycles. The third-order valence-electron chi connectivity index (χ3n) is 6.93. The molecule has 9 heteroatoms. The largest absolute Gasteiger partial charge is 0.573 e. The Morgan fingerprint density at radius 1 is 1.28 bits per heavy atom. The number of ether oxygens (including phenoxy) is 2. The van der Waals surface area contributed by atoms with Crippen molar-refractivity contribution < 1.29 is 32.2 Å². The van der Waals surface area contributed by atoms with Crippen molar-refractivity contribution in [3.05, 3.63) is 29.8 Å². The standard InChI is InChI=1S/C20H21F3N2O4/c21-20(22,23)29-15-3-1-2-13(6-15)19-4-5-25(10-14(19)9-19)16(26)12-7-18(8-12)11-28-17(27)24-18/h1-3,6,12,14H,4-5,7-11H2,(H,24,27)/t12-,14-,18+,19-/m1/s1. The third-order valence-corrected chi connectivity index (χ3v) is 6.93. The van der Waals surface area contributed by atoms with E-state index in [0.29, 0.717) is 32.5 Å². The lowest BCUT2D eigenvalue weighted by atomic mass is 9.68. The summed E-state index contributed by atoms with van der Waals surface area (Å²) in [6, 6.07) is 6.22. The fourth-order valence-corrected chi connectivity index (χ4v) is 5.35. The lowest BCUT2D eigenvalue weighted by Gasteiger charge is -2.44. The highest BCUT2D eigenvalue weighted by molar-refractivity contribution is 5.82. The second-order valence-electron chi connectivity index (χ2n) is 8.75. The zero-order valence-electron chi connectivity index (χ0n) is 15.6. The first kappa shape index (κ1) is 18.6. The van der Waals surface area contributed by atoms with Gasteiger partial charge in [-0.05, 0) is 49.3 Å². The molecule has 2 heterocycles. The van der Waals surface area contributed by atoms with Crippen LogP contribution < -0.4 is 10.1 Å². The Hall–Kier alpha value is -2.45. The second-order valence-corrected chi connectivity index (χ2v) is 8.75. The predicted octanol–water partition coefficient (Wildman–Crippen LogP) is 2.96. The molecule has 4 aliphatic rings. The van der Waals surface area contributed by atoms with Crippen LogP contribution in [0.25, 0.3) is 0 Å². The number of piperidine rings is 1. The number of carbonyl (C=O) groups excluding carboxylic acids is 2. The van der Waals surface area contributed by atoms with Crippen molar-refractivity contribution in [3.63, 3.8) is 0 Å². The number of fused-ring (bicyclic) bond motifs is 1. The average Bonchev–Trinajstić information content (AvgIpc) is 3.24. The Kier molecular flexibility index (Phi) is 3.86. The monoisotopic (exact) mass is 410 g/mol. The summed E-state index contributed by atoms with van der Waals surface area (Å²) >= 11 is 0. The molecule has 156 valence electrons. The van der Waals surface area contributed by atoms with Gasteiger partial charge < -0.3 is 19.7 Å². The van der Waals surface area contributed by atoms with Crippen LogP contribution in [0.5, 0.6) is 5.75 Å². The van der Waals surface area contributed by atoms with Crippen LogP contribution in [0.3, 0.4) is 0 Å². The van der Waals surface area contributed by atoms with E-state index in [0.717, 1.165) is 18.4 Å². The van der Waals surface area contributed by atoms with Gasteiger partial charge in [-0.15, -0.1) is 13.2 Å². The van der Waals surface area contributed by atoms with E-state index >= 15 is 0 Å². The lowest BCUT2D eigenvalue weighted by molar-refractivity contribution is -0.274. The summed E-state index contributed by atoms with van der Waals surface area (Å²) in [6.45, 7) is 1.53. The quantitative estimate of drug-likeness (QED) is 0.832. The van der Waals surface area contributed by atoms with E-state index in [1.165, 1.54) is 12.1 Å². The molecule has 0 unspecified atom stereocenters. The number of alkyl halides is 3. The Labute approximate surface area is 165 Å². The van der Waals surface area contributed by atoms with Crippen LogP contribution in [0.15, 0.2) is 24.3 Å². The summed E-state index contributed by atoms with van der Waals surface area (Å²) in [5.41, 5.74) is 0.315. The highest BCUT2D eigenvalue weighted by Gasteiger charge is 2.60. The van der Waals surface area contributed by atoms with E-state index in [9.17, 15) is 22.8 Å². The minimum atomic E-state index is -4.71. The van der Waals surface area contributed by atoms with Crippen molar-refractivity contribution in [2.45, 2.75) is 43.0 Å². The molecule has 2 aliphatic heterocycles. The van der Waals surface area contributed by atoms with E-state index in [1.54, 1.807) is 6.07 Å². The molecule has 2 aliphatic carbocycles. The first-order valence-electron chi connectivity index (χ1n) is 9.78. The molecule has 6 nitrogen and oxygen atoms in total. The fraction of sp³-hybridized carbons (Fsp3) is 0.600. The number of cyclic esters (lactones) is 1. The molecule has 2 saturated carbocycles. The van der Waals surface area contributed by atoms with E-state index in [2.05, 4.69) is 10.1 Å². The van der Waals surface area contributed by atoms with Crippen molar-refractivity contribution in [1.82, 2.24) is 10.2 Å². The minimum Gasteiger partial charge on any atom is -0.447 e. The van der Waals surface area contributed by atoms with Crippen LogP contribution in [0.1, 0.15) is 31.2 Å². The van der Waals surface area contributed by atoms with Gasteiger partial charge in [-0.3, -0.25) is 4.79 Å². The Morgan fingerprint density at radius 2 is 2.07 bits per heavy atom. The van der Waals surface area contributed by atoms with E-state index < -0.39 is 12.5 Å². The van der Waals surface area contributed by atoms with Crippen LogP contribution in [0.4, 0.5) is 18.0 Å². The minimum absolute atomic E-state index is 0.103. The number of amides is 2. The van der Waals surface area contributed by atoms with Gasteiger partial charge in [-0.1, -0.05) is 12.1 Å². The number of hydrogen-bond donors (Lipinski definition) is 1. The number of hydrogen-bond acceptors (Lipinski definition) is 4. The van der Waals surface area contributed by atoms with Crippen molar-refractivity contribution in [3.8, 4) is 5.75 Å². The summed E-state index contributed by atoms with van der Waals surface area (Å²) in [5, 5.41) is 2.80. The SMILES string of the molecule is O=C1N[C@]2(CO1)C[C@H](C(=O)N1CC[C@]3(c4cccc(OC(F)(F)F)c4)C[C@@H]3C1)C2. The first-order chi connectivity index (χ1) is 13.7. The molecule has 0 bridgehead atoms. The number of alkyl carbamates (subject to hydrolysis) is 1. The van der Waals surface area contributed by atoms with Crippen LogP contribution in [-0.2, 0) is 14.9 Å². The van der Waals surface area contributed by atoms with E-state index in [4.69, 9.17) is 4.74 Å². The number of likely N-dealkylation sites (tertiary alicyclic amines) is 1. The average molecular weight is 410 g/mol. The van der Waals surface area contributed by atoms with Crippen LogP contribution in [-0.4, -0.2) is 48.5 Å². The Balaban J connectivity index is 1.21. The highest BCUT2D eigenvalue weighted by Crippen LogP contribution is 2.60. The van der Waals surface area contributed by atoms with Gasteiger partial charge >= 0.3 is 12.5 Å². The van der Waals surface area contributed by atoms with E-state index in [-0.39, 0.29) is 34.4 Å². The zero-order valence-corrected chi connectivity index (χ0v) is 15.6. The summed E-state index contributed by atoms with van der Waals surface area (Å²) in [7, 11) is 0. The number of halogens is 3. The summed E-state index contributed by atoms with van der Waals surface area (Å²) in [5.74, 6) is 0.0530. The molecule has 4 fully saturated rings. The number of nitrogens with one attached hydrogen (secondary N) is 1. The van der Waals surface area contributed by atoms with Gasteiger partial charge in [-0.25, -0.2) is 4.79 Å². The third kappa shape index (κ3) is 3.20. The molecule has 2 atom stereocenters. The fourth-order valence-electron chi connectivity index (χ4n) is 5.35. The number of carbonyl (C=O) groups is 2. The van der Waals surface area contributed by atoms with Crippen LogP contribution >= 0.6 is 0 Å². The summed E-state index contributed by atoms with van der Waals surface area (Å²) < 4.78 is 46.5. The second kappa shape index (κ2) is 6.03. The predicted molar refractivity (Wildman–Crippen MR) is 94.0 cm³/mol. The topological polar surface area (TPSA) is 67.9 Å². The van der Waals surface area contributed by atoms with Gasteiger partial charge in [0, 0.05) is 24.4 Å². The van der Waals surface area contributed by atoms with Gasteiger partial charge in [0.05, 0.1) is 5.54 Å².